The van der Waals surface area contributed by atoms with Crippen LogP contribution in [-0.4, -0.2) is 22.2 Å². The lowest BCUT2D eigenvalue weighted by molar-refractivity contribution is 0.280. The van der Waals surface area contributed by atoms with E-state index in [0.717, 1.165) is 0 Å². The average Bonchev–Trinajstić information content (AvgIpc) is 2.39. The van der Waals surface area contributed by atoms with Crippen LogP contribution in [0.4, 0.5) is 4.39 Å². The molecule has 0 aliphatic rings. The third-order valence-corrected chi connectivity index (χ3v) is 2.66. The van der Waals surface area contributed by atoms with Crippen LogP contribution in [0.3, 0.4) is 0 Å². The second-order valence-corrected chi connectivity index (χ2v) is 3.81. The van der Waals surface area contributed by atoms with Crippen molar-refractivity contribution in [1.82, 2.24) is 9.97 Å². The van der Waals surface area contributed by atoms with Crippen LogP contribution in [0.1, 0.15) is 11.3 Å². The number of ether oxygens (including phenoxy) is 1. The molecule has 0 aliphatic heterocycles. The van der Waals surface area contributed by atoms with Gasteiger partial charge in [0.05, 0.1) is 13.7 Å². The predicted molar refractivity (Wildman–Crippen MR) is 64.6 cm³/mol. The lowest BCUT2D eigenvalue weighted by atomic mass is 10.1. The SMILES string of the molecule is COc1cc(-c2ncc(CO)c(C)n2)ccc1F. The van der Waals surface area contributed by atoms with Crippen LogP contribution in [0.25, 0.3) is 11.4 Å². The van der Waals surface area contributed by atoms with Crippen molar-refractivity contribution < 1.29 is 14.2 Å². The van der Waals surface area contributed by atoms with Crippen LogP contribution >= 0.6 is 0 Å². The Morgan fingerprint density at radius 1 is 1.39 bits per heavy atom. The molecule has 1 aromatic heterocycles. The van der Waals surface area contributed by atoms with E-state index in [1.807, 2.05) is 0 Å². The number of aliphatic hydroxyl groups excluding tert-OH is 1. The number of nitrogens with zero attached hydrogens (tertiary/aromatic N) is 2. The smallest absolute Gasteiger partial charge is 0.165 e. The number of methoxy groups -OCH3 is 1. The molecule has 0 atom stereocenters. The predicted octanol–water partition coefficient (Wildman–Crippen LogP) is 2.09. The third-order valence-electron chi connectivity index (χ3n) is 2.66. The summed E-state index contributed by atoms with van der Waals surface area (Å²) in [6.45, 7) is 1.69. The maximum atomic E-state index is 13.3. The zero-order valence-electron chi connectivity index (χ0n) is 10.1. The molecule has 5 heteroatoms. The molecule has 0 unspecified atom stereocenters. The molecular formula is C13H13FN2O2. The zero-order valence-corrected chi connectivity index (χ0v) is 10.1. The summed E-state index contributed by atoms with van der Waals surface area (Å²) in [5.74, 6) is 0.202. The Labute approximate surface area is 104 Å². The van der Waals surface area contributed by atoms with Crippen LogP contribution < -0.4 is 4.74 Å². The minimum absolute atomic E-state index is 0.0984. The van der Waals surface area contributed by atoms with Crippen molar-refractivity contribution >= 4 is 0 Å². The van der Waals surface area contributed by atoms with Crippen LogP contribution in [0.2, 0.25) is 0 Å². The molecule has 1 N–H and O–H groups in total. The van der Waals surface area contributed by atoms with E-state index in [-0.39, 0.29) is 12.4 Å². The fraction of sp³-hybridized carbons (Fsp3) is 0.231. The standard InChI is InChI=1S/C13H13FN2O2/c1-8-10(7-17)6-15-13(16-8)9-3-4-11(14)12(5-9)18-2/h3-6,17H,7H2,1-2H3. The van der Waals surface area contributed by atoms with Gasteiger partial charge in [0, 0.05) is 23.0 Å². The van der Waals surface area contributed by atoms with Crippen LogP contribution in [0.15, 0.2) is 24.4 Å². The third kappa shape index (κ3) is 2.31. The topological polar surface area (TPSA) is 55.2 Å². The van der Waals surface area contributed by atoms with E-state index in [2.05, 4.69) is 9.97 Å². The normalized spacial score (nSPS) is 10.4. The highest BCUT2D eigenvalue weighted by atomic mass is 19.1. The minimum Gasteiger partial charge on any atom is -0.494 e. The number of benzene rings is 1. The summed E-state index contributed by atoms with van der Waals surface area (Å²) >= 11 is 0. The van der Waals surface area contributed by atoms with E-state index < -0.39 is 5.82 Å². The maximum Gasteiger partial charge on any atom is 0.165 e. The first kappa shape index (κ1) is 12.4. The van der Waals surface area contributed by atoms with Gasteiger partial charge in [0.15, 0.2) is 17.4 Å². The minimum atomic E-state index is -0.426. The molecule has 0 fully saturated rings. The molecule has 18 heavy (non-hydrogen) atoms. The van der Waals surface area contributed by atoms with E-state index >= 15 is 0 Å². The fourth-order valence-corrected chi connectivity index (χ4v) is 1.59. The zero-order chi connectivity index (χ0) is 13.1. The Balaban J connectivity index is 2.45. The monoisotopic (exact) mass is 248 g/mol. The van der Waals surface area contributed by atoms with Gasteiger partial charge in [0.25, 0.3) is 0 Å². The molecule has 0 bridgehead atoms. The lowest BCUT2D eigenvalue weighted by Crippen LogP contribution is -1.98. The summed E-state index contributed by atoms with van der Waals surface area (Å²) in [6, 6.07) is 4.45. The van der Waals surface area contributed by atoms with Gasteiger partial charge in [0.2, 0.25) is 0 Å². The Bertz CT molecular complexity index is 573. The molecule has 0 saturated carbocycles. The largest absolute Gasteiger partial charge is 0.494 e. The van der Waals surface area contributed by atoms with Gasteiger partial charge in [-0.2, -0.15) is 0 Å². The van der Waals surface area contributed by atoms with Crippen molar-refractivity contribution in [2.45, 2.75) is 13.5 Å². The fourth-order valence-electron chi connectivity index (χ4n) is 1.59. The van der Waals surface area contributed by atoms with Gasteiger partial charge in [-0.3, -0.25) is 0 Å². The molecule has 1 aromatic carbocycles. The number of halogens is 1. The van der Waals surface area contributed by atoms with E-state index in [9.17, 15) is 4.39 Å². The van der Waals surface area contributed by atoms with Crippen molar-refractivity contribution in [3.8, 4) is 17.1 Å². The molecule has 4 nitrogen and oxygen atoms in total. The van der Waals surface area contributed by atoms with E-state index in [1.165, 1.54) is 13.2 Å². The number of aromatic nitrogens is 2. The molecule has 2 aromatic rings. The van der Waals surface area contributed by atoms with Crippen molar-refractivity contribution in [3.05, 3.63) is 41.5 Å². The number of aliphatic hydroxyl groups is 1. The van der Waals surface area contributed by atoms with Gasteiger partial charge in [-0.05, 0) is 25.1 Å². The van der Waals surface area contributed by atoms with Crippen molar-refractivity contribution in [1.29, 1.82) is 0 Å². The average molecular weight is 248 g/mol. The van der Waals surface area contributed by atoms with Crippen molar-refractivity contribution in [3.63, 3.8) is 0 Å². The summed E-state index contributed by atoms with van der Waals surface area (Å²) in [6.07, 6.45) is 1.56. The van der Waals surface area contributed by atoms with Gasteiger partial charge in [-0.25, -0.2) is 14.4 Å². The summed E-state index contributed by atoms with van der Waals surface area (Å²) < 4.78 is 18.2. The quantitative estimate of drug-likeness (QED) is 0.903. The molecule has 2 rings (SSSR count). The van der Waals surface area contributed by atoms with Crippen molar-refractivity contribution in [2.24, 2.45) is 0 Å². The number of hydrogen-bond donors (Lipinski definition) is 1. The molecule has 0 radical (unpaired) electrons. The summed E-state index contributed by atoms with van der Waals surface area (Å²) in [4.78, 5) is 8.41. The maximum absolute atomic E-state index is 13.3. The molecule has 0 aliphatic carbocycles. The van der Waals surface area contributed by atoms with Crippen LogP contribution in [0, 0.1) is 12.7 Å². The van der Waals surface area contributed by atoms with Gasteiger partial charge in [0.1, 0.15) is 0 Å². The van der Waals surface area contributed by atoms with E-state index in [4.69, 9.17) is 9.84 Å². The van der Waals surface area contributed by atoms with Gasteiger partial charge < -0.3 is 9.84 Å². The first-order valence-corrected chi connectivity index (χ1v) is 5.43. The van der Waals surface area contributed by atoms with Gasteiger partial charge in [-0.1, -0.05) is 0 Å². The summed E-state index contributed by atoms with van der Waals surface area (Å²) in [7, 11) is 1.41. The Morgan fingerprint density at radius 3 is 2.78 bits per heavy atom. The molecule has 0 spiro atoms. The Morgan fingerprint density at radius 2 is 2.17 bits per heavy atom. The number of hydrogen-bond acceptors (Lipinski definition) is 4. The molecule has 94 valence electrons. The molecule has 1 heterocycles. The first-order valence-electron chi connectivity index (χ1n) is 5.43. The van der Waals surface area contributed by atoms with E-state index in [1.54, 1.807) is 25.3 Å². The van der Waals surface area contributed by atoms with Gasteiger partial charge >= 0.3 is 0 Å². The lowest BCUT2D eigenvalue weighted by Gasteiger charge is -2.07. The van der Waals surface area contributed by atoms with Crippen LogP contribution in [-0.2, 0) is 6.61 Å². The van der Waals surface area contributed by atoms with Crippen LogP contribution in [0.5, 0.6) is 5.75 Å². The highest BCUT2D eigenvalue weighted by molar-refractivity contribution is 5.58. The Kier molecular flexibility index (Phi) is 3.53. The number of aryl methyl sites for hydroxylation is 1. The highest BCUT2D eigenvalue weighted by Gasteiger charge is 2.09. The second-order valence-electron chi connectivity index (χ2n) is 3.81. The van der Waals surface area contributed by atoms with Gasteiger partial charge in [-0.15, -0.1) is 0 Å². The molecular weight excluding hydrogens is 235 g/mol. The highest BCUT2D eigenvalue weighted by Crippen LogP contribution is 2.24. The van der Waals surface area contributed by atoms with E-state index in [0.29, 0.717) is 22.6 Å². The van der Waals surface area contributed by atoms with Crippen molar-refractivity contribution in [2.75, 3.05) is 7.11 Å². The summed E-state index contributed by atoms with van der Waals surface area (Å²) in [5, 5.41) is 9.05. The Hall–Kier alpha value is -2.01. The second kappa shape index (κ2) is 5.10. The first-order chi connectivity index (χ1) is 8.65. The molecule has 0 saturated heterocycles. The molecule has 0 amide bonds. The summed E-state index contributed by atoms with van der Waals surface area (Å²) in [5.41, 5.74) is 2.04. The number of rotatable bonds is 3.